The number of nitrogens with zero attached hydrogens (tertiary/aromatic N) is 1. The summed E-state index contributed by atoms with van der Waals surface area (Å²) in [5.74, 6) is -0.440. The van der Waals surface area contributed by atoms with Gasteiger partial charge in [-0.2, -0.15) is 0 Å². The van der Waals surface area contributed by atoms with Gasteiger partial charge in [0, 0.05) is 34.9 Å². The second-order valence-corrected chi connectivity index (χ2v) is 7.48. The standard InChI is InChI=1S/C22H27N3O2/c1-12(2)25-18-10-8-7-9-17(18)20-14(4)21(13(3)11-19(20)25)24-22(27)15(5)23-16(6)26/h7-12,15H,1-6H3,(H,23,26)(H,24,27). The molecule has 0 radical (unpaired) electrons. The number of para-hydroxylation sites is 1. The molecule has 3 aromatic rings. The maximum atomic E-state index is 12.5. The lowest BCUT2D eigenvalue weighted by atomic mass is 10.0. The summed E-state index contributed by atoms with van der Waals surface area (Å²) in [6.45, 7) is 11.5. The number of benzene rings is 2. The molecule has 3 rings (SSSR count). The first-order chi connectivity index (χ1) is 12.7. The van der Waals surface area contributed by atoms with Crippen molar-refractivity contribution in [1.29, 1.82) is 0 Å². The van der Waals surface area contributed by atoms with E-state index >= 15 is 0 Å². The number of carbonyl (C=O) groups is 2. The SMILES string of the molecule is CC(=O)NC(C)C(=O)Nc1c(C)cc2c(c1C)c1ccccc1n2C(C)C. The Hall–Kier alpha value is -2.82. The third-order valence-corrected chi connectivity index (χ3v) is 5.02. The molecule has 0 aliphatic rings. The lowest BCUT2D eigenvalue weighted by Gasteiger charge is -2.18. The predicted octanol–water partition coefficient (Wildman–Crippen LogP) is 4.46. The van der Waals surface area contributed by atoms with Crippen molar-refractivity contribution in [2.45, 2.75) is 53.6 Å². The van der Waals surface area contributed by atoms with Crippen LogP contribution in [0.25, 0.3) is 21.8 Å². The third-order valence-electron chi connectivity index (χ3n) is 5.02. The van der Waals surface area contributed by atoms with E-state index in [0.717, 1.165) is 22.2 Å². The van der Waals surface area contributed by atoms with Crippen LogP contribution in [0.5, 0.6) is 0 Å². The number of rotatable bonds is 4. The second kappa shape index (κ2) is 7.06. The Balaban J connectivity index is 2.18. The summed E-state index contributed by atoms with van der Waals surface area (Å²) in [5, 5.41) is 7.99. The number of aryl methyl sites for hydroxylation is 2. The first-order valence-corrected chi connectivity index (χ1v) is 9.33. The van der Waals surface area contributed by atoms with Crippen LogP contribution < -0.4 is 10.6 Å². The van der Waals surface area contributed by atoms with Crippen LogP contribution in [0.3, 0.4) is 0 Å². The highest BCUT2D eigenvalue weighted by atomic mass is 16.2. The van der Waals surface area contributed by atoms with Gasteiger partial charge in [-0.3, -0.25) is 9.59 Å². The first-order valence-electron chi connectivity index (χ1n) is 9.33. The maximum Gasteiger partial charge on any atom is 0.246 e. The minimum atomic E-state index is -0.589. The Morgan fingerprint density at radius 1 is 1.04 bits per heavy atom. The Morgan fingerprint density at radius 2 is 1.70 bits per heavy atom. The summed E-state index contributed by atoms with van der Waals surface area (Å²) in [5.41, 5.74) is 5.24. The van der Waals surface area contributed by atoms with Crippen LogP contribution in [0.4, 0.5) is 5.69 Å². The van der Waals surface area contributed by atoms with Crippen molar-refractivity contribution in [3.63, 3.8) is 0 Å². The molecule has 142 valence electrons. The zero-order valence-corrected chi connectivity index (χ0v) is 16.8. The molecular formula is C22H27N3O2. The van der Waals surface area contributed by atoms with E-state index in [1.165, 1.54) is 23.3 Å². The van der Waals surface area contributed by atoms with E-state index in [1.54, 1.807) is 6.92 Å². The average molecular weight is 365 g/mol. The summed E-state index contributed by atoms with van der Waals surface area (Å²) >= 11 is 0. The van der Waals surface area contributed by atoms with Crippen molar-refractivity contribution in [3.8, 4) is 0 Å². The molecule has 1 atom stereocenters. The minimum absolute atomic E-state index is 0.219. The van der Waals surface area contributed by atoms with Crippen molar-refractivity contribution in [2.24, 2.45) is 0 Å². The van der Waals surface area contributed by atoms with Gasteiger partial charge in [0.2, 0.25) is 11.8 Å². The Labute approximate surface area is 159 Å². The number of hydrogen-bond donors (Lipinski definition) is 2. The third kappa shape index (κ3) is 3.29. The zero-order valence-electron chi connectivity index (χ0n) is 16.8. The smallest absolute Gasteiger partial charge is 0.246 e. The van der Waals surface area contributed by atoms with E-state index in [9.17, 15) is 9.59 Å². The van der Waals surface area contributed by atoms with Gasteiger partial charge in [-0.1, -0.05) is 18.2 Å². The van der Waals surface area contributed by atoms with Crippen LogP contribution in [0, 0.1) is 13.8 Å². The number of aromatic nitrogens is 1. The molecular weight excluding hydrogens is 338 g/mol. The lowest BCUT2D eigenvalue weighted by Crippen LogP contribution is -2.40. The summed E-state index contributed by atoms with van der Waals surface area (Å²) in [6, 6.07) is 10.2. The number of nitrogens with one attached hydrogen (secondary N) is 2. The fraction of sp³-hybridized carbons (Fsp3) is 0.364. The normalized spacial score (nSPS) is 12.6. The second-order valence-electron chi connectivity index (χ2n) is 7.48. The number of hydrogen-bond acceptors (Lipinski definition) is 2. The molecule has 1 heterocycles. The van der Waals surface area contributed by atoms with Gasteiger partial charge in [-0.05, 0) is 57.9 Å². The zero-order chi connectivity index (χ0) is 19.9. The van der Waals surface area contributed by atoms with E-state index < -0.39 is 6.04 Å². The molecule has 0 bridgehead atoms. The monoisotopic (exact) mass is 365 g/mol. The largest absolute Gasteiger partial charge is 0.345 e. The minimum Gasteiger partial charge on any atom is -0.345 e. The fourth-order valence-corrected chi connectivity index (χ4v) is 3.87. The van der Waals surface area contributed by atoms with E-state index in [-0.39, 0.29) is 11.8 Å². The molecule has 2 N–H and O–H groups in total. The van der Waals surface area contributed by atoms with Gasteiger partial charge in [-0.25, -0.2) is 0 Å². The summed E-state index contributed by atoms with van der Waals surface area (Å²) < 4.78 is 2.34. The molecule has 0 aliphatic carbocycles. The van der Waals surface area contributed by atoms with Crippen molar-refractivity contribution in [3.05, 3.63) is 41.5 Å². The van der Waals surface area contributed by atoms with E-state index in [4.69, 9.17) is 0 Å². The van der Waals surface area contributed by atoms with Crippen molar-refractivity contribution in [1.82, 2.24) is 9.88 Å². The summed E-state index contributed by atoms with van der Waals surface area (Å²) in [7, 11) is 0. The molecule has 2 amide bonds. The predicted molar refractivity (Wildman–Crippen MR) is 111 cm³/mol. The van der Waals surface area contributed by atoms with E-state index in [0.29, 0.717) is 6.04 Å². The summed E-state index contributed by atoms with van der Waals surface area (Å²) in [6.07, 6.45) is 0. The van der Waals surface area contributed by atoms with E-state index in [2.05, 4.69) is 53.3 Å². The van der Waals surface area contributed by atoms with Crippen LogP contribution in [-0.4, -0.2) is 22.4 Å². The van der Waals surface area contributed by atoms with Gasteiger partial charge in [0.25, 0.3) is 0 Å². The molecule has 0 fully saturated rings. The highest BCUT2D eigenvalue weighted by Gasteiger charge is 2.20. The topological polar surface area (TPSA) is 63.1 Å². The number of anilines is 1. The van der Waals surface area contributed by atoms with E-state index in [1.807, 2.05) is 19.9 Å². The van der Waals surface area contributed by atoms with Crippen LogP contribution in [-0.2, 0) is 9.59 Å². The van der Waals surface area contributed by atoms with Gasteiger partial charge in [0.1, 0.15) is 6.04 Å². The Kier molecular flexibility index (Phi) is 4.96. The average Bonchev–Trinajstić information content (AvgIpc) is 2.91. The molecule has 5 heteroatoms. The maximum absolute atomic E-state index is 12.5. The van der Waals surface area contributed by atoms with Gasteiger partial charge in [0.15, 0.2) is 0 Å². The van der Waals surface area contributed by atoms with Crippen molar-refractivity contribution in [2.75, 3.05) is 5.32 Å². The van der Waals surface area contributed by atoms with Crippen LogP contribution >= 0.6 is 0 Å². The van der Waals surface area contributed by atoms with Crippen LogP contribution in [0.2, 0.25) is 0 Å². The Morgan fingerprint density at radius 3 is 2.33 bits per heavy atom. The molecule has 1 unspecified atom stereocenters. The molecule has 0 saturated heterocycles. The Bertz CT molecular complexity index is 1050. The molecule has 0 spiro atoms. The molecule has 0 aliphatic heterocycles. The quantitative estimate of drug-likeness (QED) is 0.717. The number of amides is 2. The molecule has 5 nitrogen and oxygen atoms in total. The fourth-order valence-electron chi connectivity index (χ4n) is 3.87. The molecule has 27 heavy (non-hydrogen) atoms. The lowest BCUT2D eigenvalue weighted by molar-refractivity contribution is -0.124. The number of fused-ring (bicyclic) bond motifs is 3. The van der Waals surface area contributed by atoms with Gasteiger partial charge >= 0.3 is 0 Å². The molecule has 0 saturated carbocycles. The van der Waals surface area contributed by atoms with Gasteiger partial charge in [0.05, 0.1) is 5.52 Å². The first kappa shape index (κ1) is 19.0. The van der Waals surface area contributed by atoms with Crippen molar-refractivity contribution < 1.29 is 9.59 Å². The highest BCUT2D eigenvalue weighted by Crippen LogP contribution is 2.38. The number of carbonyl (C=O) groups excluding carboxylic acids is 2. The van der Waals surface area contributed by atoms with Crippen LogP contribution in [0.1, 0.15) is 44.9 Å². The molecule has 2 aromatic carbocycles. The van der Waals surface area contributed by atoms with Crippen LogP contribution in [0.15, 0.2) is 30.3 Å². The van der Waals surface area contributed by atoms with Gasteiger partial charge in [-0.15, -0.1) is 0 Å². The molecule has 1 aromatic heterocycles. The highest BCUT2D eigenvalue weighted by molar-refractivity contribution is 6.13. The van der Waals surface area contributed by atoms with Gasteiger partial charge < -0.3 is 15.2 Å². The summed E-state index contributed by atoms with van der Waals surface area (Å²) in [4.78, 5) is 23.8. The van der Waals surface area contributed by atoms with Crippen molar-refractivity contribution >= 4 is 39.3 Å².